The molecule has 16 rings (SSSR count). The Morgan fingerprint density at radius 3 is 1.34 bits per heavy atom. The van der Waals surface area contributed by atoms with E-state index in [-0.39, 0.29) is 0 Å². The molecule has 2 nitrogen and oxygen atoms in total. The summed E-state index contributed by atoms with van der Waals surface area (Å²) < 4.78 is 2.44. The van der Waals surface area contributed by atoms with Gasteiger partial charge >= 0.3 is 0 Å². The van der Waals surface area contributed by atoms with Crippen LogP contribution in [0.2, 0.25) is 0 Å². The van der Waals surface area contributed by atoms with Gasteiger partial charge in [0.25, 0.3) is 0 Å². The first kappa shape index (κ1) is 40.3. The summed E-state index contributed by atoms with van der Waals surface area (Å²) in [5, 5.41) is 12.5. The molecular formula is C71H44N2. The Morgan fingerprint density at radius 2 is 0.712 bits per heavy atom. The summed E-state index contributed by atoms with van der Waals surface area (Å²) in [6, 6.07) is 99.7. The Morgan fingerprint density at radius 1 is 0.260 bits per heavy atom. The molecule has 1 heterocycles. The zero-order valence-electron chi connectivity index (χ0n) is 39.8. The number of benzene rings is 13. The van der Waals surface area contributed by atoms with Crippen molar-refractivity contribution in [1.82, 2.24) is 4.57 Å². The van der Waals surface area contributed by atoms with Gasteiger partial charge in [-0.1, -0.05) is 206 Å². The summed E-state index contributed by atoms with van der Waals surface area (Å²) in [6.07, 6.45) is 0. The minimum absolute atomic E-state index is 0.466. The van der Waals surface area contributed by atoms with E-state index in [2.05, 4.69) is 276 Å². The molecule has 73 heavy (non-hydrogen) atoms. The van der Waals surface area contributed by atoms with Crippen LogP contribution in [0.1, 0.15) is 22.3 Å². The summed E-state index contributed by atoms with van der Waals surface area (Å²) in [5.41, 5.74) is 19.4. The molecule has 0 saturated heterocycles. The molecule has 2 aliphatic carbocycles. The van der Waals surface area contributed by atoms with Gasteiger partial charge in [-0.2, -0.15) is 0 Å². The normalized spacial score (nSPS) is 13.0. The summed E-state index contributed by atoms with van der Waals surface area (Å²) in [6.45, 7) is 0. The molecule has 0 fully saturated rings. The third kappa shape index (κ3) is 5.52. The lowest BCUT2D eigenvalue weighted by molar-refractivity contribution is 0.793. The number of rotatable bonds is 5. The lowest BCUT2D eigenvalue weighted by Gasteiger charge is -2.32. The van der Waals surface area contributed by atoms with Crippen molar-refractivity contribution < 1.29 is 0 Å². The first-order chi connectivity index (χ1) is 36.2. The summed E-state index contributed by atoms with van der Waals surface area (Å²) in [7, 11) is 0. The number of para-hydroxylation sites is 2. The molecule has 0 N–H and O–H groups in total. The van der Waals surface area contributed by atoms with Crippen LogP contribution in [0.3, 0.4) is 0 Å². The summed E-state index contributed by atoms with van der Waals surface area (Å²) in [4.78, 5) is 2.49. The molecule has 13 aromatic carbocycles. The maximum atomic E-state index is 2.51. The van der Waals surface area contributed by atoms with Crippen molar-refractivity contribution in [3.8, 4) is 39.1 Å². The van der Waals surface area contributed by atoms with Gasteiger partial charge in [-0.25, -0.2) is 0 Å². The van der Waals surface area contributed by atoms with Gasteiger partial charge in [0.2, 0.25) is 0 Å². The molecule has 0 amide bonds. The minimum atomic E-state index is -0.466. The second-order valence-electron chi connectivity index (χ2n) is 19.9. The van der Waals surface area contributed by atoms with Gasteiger partial charge in [0.15, 0.2) is 0 Å². The fraction of sp³-hybridized carbons (Fsp3) is 0.0141. The van der Waals surface area contributed by atoms with Crippen LogP contribution in [-0.4, -0.2) is 4.57 Å². The van der Waals surface area contributed by atoms with E-state index in [0.29, 0.717) is 0 Å². The van der Waals surface area contributed by atoms with E-state index in [1.54, 1.807) is 0 Å². The van der Waals surface area contributed by atoms with Crippen molar-refractivity contribution in [2.24, 2.45) is 0 Å². The largest absolute Gasteiger partial charge is 0.310 e. The maximum Gasteiger partial charge on any atom is 0.0726 e. The molecule has 338 valence electrons. The van der Waals surface area contributed by atoms with Crippen LogP contribution >= 0.6 is 0 Å². The molecule has 0 aliphatic heterocycles. The van der Waals surface area contributed by atoms with Gasteiger partial charge in [0.1, 0.15) is 0 Å². The second kappa shape index (κ2) is 15.3. The van der Waals surface area contributed by atoms with E-state index in [1.807, 2.05) is 0 Å². The molecule has 0 bridgehead atoms. The summed E-state index contributed by atoms with van der Waals surface area (Å²) in [5.74, 6) is 0. The van der Waals surface area contributed by atoms with Gasteiger partial charge in [0, 0.05) is 38.9 Å². The average Bonchev–Trinajstić information content (AvgIpc) is 4.08. The Labute approximate surface area is 422 Å². The average molecular weight is 925 g/mol. The number of anilines is 3. The highest BCUT2D eigenvalue weighted by Crippen LogP contribution is 2.63. The van der Waals surface area contributed by atoms with Crippen molar-refractivity contribution >= 4 is 82.0 Å². The van der Waals surface area contributed by atoms with Crippen molar-refractivity contribution in [1.29, 1.82) is 0 Å². The highest BCUT2D eigenvalue weighted by molar-refractivity contribution is 6.26. The number of fused-ring (bicyclic) bond motifs is 21. The van der Waals surface area contributed by atoms with Crippen molar-refractivity contribution in [2.45, 2.75) is 5.41 Å². The molecule has 0 saturated carbocycles. The number of nitrogens with zero attached hydrogens (tertiary/aromatic N) is 2. The molecule has 0 unspecified atom stereocenters. The van der Waals surface area contributed by atoms with Crippen LogP contribution < -0.4 is 4.90 Å². The highest BCUT2D eigenvalue weighted by atomic mass is 15.1. The second-order valence-corrected chi connectivity index (χ2v) is 19.9. The topological polar surface area (TPSA) is 8.17 Å². The van der Waals surface area contributed by atoms with Gasteiger partial charge in [-0.15, -0.1) is 0 Å². The molecular weight excluding hydrogens is 881 g/mol. The third-order valence-corrected chi connectivity index (χ3v) is 16.4. The van der Waals surface area contributed by atoms with E-state index in [9.17, 15) is 0 Å². The first-order valence-corrected chi connectivity index (χ1v) is 25.4. The van der Waals surface area contributed by atoms with Gasteiger partial charge in [-0.05, 0) is 154 Å². The van der Waals surface area contributed by atoms with Crippen LogP contribution in [0.25, 0.3) is 104 Å². The highest BCUT2D eigenvalue weighted by Gasteiger charge is 2.51. The van der Waals surface area contributed by atoms with Crippen molar-refractivity contribution in [3.63, 3.8) is 0 Å². The first-order valence-electron chi connectivity index (χ1n) is 25.4. The molecule has 2 aliphatic rings. The van der Waals surface area contributed by atoms with Gasteiger partial charge in [0.05, 0.1) is 16.4 Å². The Hall–Kier alpha value is -9.50. The summed E-state index contributed by atoms with van der Waals surface area (Å²) >= 11 is 0. The maximum absolute atomic E-state index is 2.51. The van der Waals surface area contributed by atoms with E-state index < -0.39 is 5.41 Å². The van der Waals surface area contributed by atoms with E-state index in [1.165, 1.54) is 121 Å². The number of aromatic nitrogens is 1. The zero-order valence-corrected chi connectivity index (χ0v) is 39.8. The molecule has 14 aromatic rings. The lowest BCUT2D eigenvalue weighted by atomic mass is 9.70. The van der Waals surface area contributed by atoms with Gasteiger partial charge < -0.3 is 9.47 Å². The molecule has 0 atom stereocenters. The minimum Gasteiger partial charge on any atom is -0.310 e. The quantitative estimate of drug-likeness (QED) is 0.156. The standard InChI is InChI=1S/C71H44N2/c1-2-18-46(19-3-1)73-69-33-17-13-28-60(69)64-44-62(54-24-8-9-29-61(54)70(64)73)45-34-36-47(37-35-45)72(48-38-40-55-52-22-5-4-20-50(52)51-21-6-7-23-53(51)63(55)42-48)49-39-41-59-58-27-12-16-32-67(58)71(68(59)43-49)65-30-14-10-25-56(65)57-26-11-15-31-66(57)71/h1-44H. The van der Waals surface area contributed by atoms with Crippen LogP contribution in [0.15, 0.2) is 267 Å². The number of hydrogen-bond acceptors (Lipinski definition) is 1. The van der Waals surface area contributed by atoms with Crippen LogP contribution in [0.4, 0.5) is 17.1 Å². The smallest absolute Gasteiger partial charge is 0.0726 e. The fourth-order valence-corrected chi connectivity index (χ4v) is 13.4. The van der Waals surface area contributed by atoms with E-state index in [4.69, 9.17) is 0 Å². The van der Waals surface area contributed by atoms with E-state index >= 15 is 0 Å². The predicted octanol–water partition coefficient (Wildman–Crippen LogP) is 18.9. The third-order valence-electron chi connectivity index (χ3n) is 16.4. The molecule has 0 radical (unpaired) electrons. The van der Waals surface area contributed by atoms with Crippen LogP contribution in [-0.2, 0) is 5.41 Å². The Bertz CT molecular complexity index is 4520. The molecule has 1 aromatic heterocycles. The van der Waals surface area contributed by atoms with Crippen LogP contribution in [0, 0.1) is 0 Å². The fourth-order valence-electron chi connectivity index (χ4n) is 13.4. The van der Waals surface area contributed by atoms with E-state index in [0.717, 1.165) is 22.7 Å². The lowest BCUT2D eigenvalue weighted by Crippen LogP contribution is -2.26. The van der Waals surface area contributed by atoms with Crippen LogP contribution in [0.5, 0.6) is 0 Å². The van der Waals surface area contributed by atoms with Crippen molar-refractivity contribution in [3.05, 3.63) is 289 Å². The van der Waals surface area contributed by atoms with Gasteiger partial charge in [-0.3, -0.25) is 0 Å². The molecule has 2 heteroatoms. The zero-order chi connectivity index (χ0) is 47.8. The number of hydrogen-bond donors (Lipinski definition) is 0. The Kier molecular flexibility index (Phi) is 8.41. The molecule has 1 spiro atoms. The Balaban J connectivity index is 0.931. The van der Waals surface area contributed by atoms with Crippen molar-refractivity contribution in [2.75, 3.05) is 4.90 Å². The predicted molar refractivity (Wildman–Crippen MR) is 307 cm³/mol. The SMILES string of the molecule is c1ccc(-n2c3ccccc3c3cc(-c4ccc(N(c5ccc6c(c5)C5(c7ccccc7-c7ccccc75)c5ccccc5-6)c5ccc6c7ccccc7c7ccccc7c6c5)cc4)c4ccccc4c32)cc1. The monoisotopic (exact) mass is 924 g/mol.